The van der Waals surface area contributed by atoms with Gasteiger partial charge in [-0.3, -0.25) is 0 Å². The summed E-state index contributed by atoms with van der Waals surface area (Å²) >= 11 is 0. The standard InChI is InChI=1S/C16H23N5O2/c1-16(2,3)23-15(22)20-8-4-6-11(10-20)14-18-13(17)12-7-5-9-21(12)19-14/h5,7,9,11H,4,6,8,10H2,1-3H3,(H2,17,18,19). The first-order chi connectivity index (χ1) is 10.8. The van der Waals surface area contributed by atoms with Crippen LogP contribution in [0.1, 0.15) is 45.4 Å². The van der Waals surface area contributed by atoms with Crippen molar-refractivity contribution in [3.63, 3.8) is 0 Å². The Hall–Kier alpha value is -2.31. The van der Waals surface area contributed by atoms with Gasteiger partial charge < -0.3 is 15.4 Å². The quantitative estimate of drug-likeness (QED) is 0.873. The Morgan fingerprint density at radius 2 is 2.22 bits per heavy atom. The van der Waals surface area contributed by atoms with Gasteiger partial charge in [0.05, 0.1) is 0 Å². The van der Waals surface area contributed by atoms with E-state index >= 15 is 0 Å². The molecule has 0 aliphatic carbocycles. The van der Waals surface area contributed by atoms with Gasteiger partial charge in [-0.1, -0.05) is 0 Å². The number of ether oxygens (including phenoxy) is 1. The number of nitrogens with two attached hydrogens (primary N) is 1. The topological polar surface area (TPSA) is 85.8 Å². The summed E-state index contributed by atoms with van der Waals surface area (Å²) in [6.07, 6.45) is 3.41. The lowest BCUT2D eigenvalue weighted by atomic mass is 9.97. The second-order valence-electron chi connectivity index (χ2n) is 6.96. The molecule has 7 heteroatoms. The Bertz CT molecular complexity index is 719. The van der Waals surface area contributed by atoms with E-state index in [4.69, 9.17) is 10.5 Å². The average Bonchev–Trinajstić information content (AvgIpc) is 2.94. The lowest BCUT2D eigenvalue weighted by Gasteiger charge is -2.33. The van der Waals surface area contributed by atoms with Gasteiger partial charge in [0.15, 0.2) is 11.6 Å². The predicted molar refractivity (Wildman–Crippen MR) is 87.2 cm³/mol. The van der Waals surface area contributed by atoms with Crippen LogP contribution in [0, 0.1) is 0 Å². The number of likely N-dealkylation sites (tertiary alicyclic amines) is 1. The third-order valence-electron chi connectivity index (χ3n) is 3.87. The van der Waals surface area contributed by atoms with Gasteiger partial charge in [0, 0.05) is 25.2 Å². The summed E-state index contributed by atoms with van der Waals surface area (Å²) in [5, 5.41) is 4.53. The zero-order valence-corrected chi connectivity index (χ0v) is 13.8. The minimum atomic E-state index is -0.491. The maximum absolute atomic E-state index is 12.3. The number of rotatable bonds is 1. The van der Waals surface area contributed by atoms with Crippen molar-refractivity contribution in [2.24, 2.45) is 0 Å². The van der Waals surface area contributed by atoms with Crippen molar-refractivity contribution in [1.82, 2.24) is 19.5 Å². The smallest absolute Gasteiger partial charge is 0.410 e. The normalized spacial score (nSPS) is 19.1. The second kappa shape index (κ2) is 5.72. The lowest BCUT2D eigenvalue weighted by molar-refractivity contribution is 0.0195. The Labute approximate surface area is 135 Å². The molecule has 0 spiro atoms. The predicted octanol–water partition coefficient (Wildman–Crippen LogP) is 2.43. The first-order valence-electron chi connectivity index (χ1n) is 7.92. The maximum Gasteiger partial charge on any atom is 0.410 e. The molecule has 1 amide bonds. The molecule has 3 rings (SSSR count). The van der Waals surface area contributed by atoms with Gasteiger partial charge >= 0.3 is 6.09 Å². The van der Waals surface area contributed by atoms with Crippen LogP contribution in [0.3, 0.4) is 0 Å². The Balaban J connectivity index is 1.78. The summed E-state index contributed by atoms with van der Waals surface area (Å²) in [6, 6.07) is 3.77. The number of anilines is 1. The Kier molecular flexibility index (Phi) is 3.87. The van der Waals surface area contributed by atoms with Crippen molar-refractivity contribution in [2.75, 3.05) is 18.8 Å². The fourth-order valence-electron chi connectivity index (χ4n) is 2.83. The molecular formula is C16H23N5O2. The first kappa shape index (κ1) is 15.6. The van der Waals surface area contributed by atoms with Gasteiger partial charge in [0.1, 0.15) is 11.1 Å². The van der Waals surface area contributed by atoms with E-state index in [-0.39, 0.29) is 12.0 Å². The monoisotopic (exact) mass is 317 g/mol. The highest BCUT2D eigenvalue weighted by molar-refractivity contribution is 5.68. The lowest BCUT2D eigenvalue weighted by Crippen LogP contribution is -2.42. The van der Waals surface area contributed by atoms with Gasteiger partial charge in [-0.2, -0.15) is 5.10 Å². The highest BCUT2D eigenvalue weighted by Gasteiger charge is 2.30. The average molecular weight is 317 g/mol. The third kappa shape index (κ3) is 3.38. The van der Waals surface area contributed by atoms with Crippen molar-refractivity contribution in [3.8, 4) is 0 Å². The molecule has 3 heterocycles. The van der Waals surface area contributed by atoms with E-state index in [1.165, 1.54) is 0 Å². The molecule has 0 aromatic carbocycles. The van der Waals surface area contributed by atoms with E-state index in [1.54, 1.807) is 9.42 Å². The highest BCUT2D eigenvalue weighted by Crippen LogP contribution is 2.26. The molecule has 0 saturated carbocycles. The van der Waals surface area contributed by atoms with Gasteiger partial charge in [0.25, 0.3) is 0 Å². The molecule has 7 nitrogen and oxygen atoms in total. The molecule has 1 aliphatic heterocycles. The summed E-state index contributed by atoms with van der Waals surface area (Å²) in [5.74, 6) is 1.22. The number of hydrogen-bond acceptors (Lipinski definition) is 5. The summed E-state index contributed by atoms with van der Waals surface area (Å²) in [4.78, 5) is 18.4. The van der Waals surface area contributed by atoms with Crippen LogP contribution in [-0.4, -0.2) is 44.3 Å². The maximum atomic E-state index is 12.3. The molecular weight excluding hydrogens is 294 g/mol. The number of carbonyl (C=O) groups is 1. The molecule has 2 aromatic rings. The number of piperidine rings is 1. The number of nitrogen functional groups attached to an aromatic ring is 1. The van der Waals surface area contributed by atoms with Crippen molar-refractivity contribution < 1.29 is 9.53 Å². The minimum absolute atomic E-state index is 0.0744. The summed E-state index contributed by atoms with van der Waals surface area (Å²) in [5.41, 5.74) is 6.32. The molecule has 23 heavy (non-hydrogen) atoms. The molecule has 1 aliphatic rings. The van der Waals surface area contributed by atoms with Crippen molar-refractivity contribution in [2.45, 2.75) is 45.1 Å². The SMILES string of the molecule is CC(C)(C)OC(=O)N1CCCC(c2nc(N)c3cccn3n2)C1. The van der Waals surface area contributed by atoms with Crippen LogP contribution < -0.4 is 5.73 Å². The third-order valence-corrected chi connectivity index (χ3v) is 3.87. The number of fused-ring (bicyclic) bond motifs is 1. The molecule has 1 saturated heterocycles. The Morgan fingerprint density at radius 3 is 2.96 bits per heavy atom. The van der Waals surface area contributed by atoms with Crippen LogP contribution in [0.2, 0.25) is 0 Å². The molecule has 2 N–H and O–H groups in total. The van der Waals surface area contributed by atoms with E-state index in [0.29, 0.717) is 24.7 Å². The number of aromatic nitrogens is 3. The van der Waals surface area contributed by atoms with E-state index in [2.05, 4.69) is 10.1 Å². The van der Waals surface area contributed by atoms with Crippen LogP contribution in [-0.2, 0) is 4.74 Å². The van der Waals surface area contributed by atoms with Crippen LogP contribution in [0.15, 0.2) is 18.3 Å². The second-order valence-corrected chi connectivity index (χ2v) is 6.96. The van der Waals surface area contributed by atoms with Gasteiger partial charge in [-0.05, 0) is 45.7 Å². The van der Waals surface area contributed by atoms with Crippen LogP contribution in [0.4, 0.5) is 10.6 Å². The fourth-order valence-corrected chi connectivity index (χ4v) is 2.83. The fraction of sp³-hybridized carbons (Fsp3) is 0.562. The zero-order valence-electron chi connectivity index (χ0n) is 13.8. The molecule has 1 unspecified atom stereocenters. The number of hydrogen-bond donors (Lipinski definition) is 1. The van der Waals surface area contributed by atoms with E-state index in [0.717, 1.165) is 18.4 Å². The highest BCUT2D eigenvalue weighted by atomic mass is 16.6. The largest absolute Gasteiger partial charge is 0.444 e. The molecule has 1 fully saturated rings. The summed E-state index contributed by atoms with van der Waals surface area (Å²) < 4.78 is 7.20. The van der Waals surface area contributed by atoms with Crippen molar-refractivity contribution in [3.05, 3.63) is 24.2 Å². The van der Waals surface area contributed by atoms with Crippen LogP contribution in [0.5, 0.6) is 0 Å². The molecule has 2 aromatic heterocycles. The Morgan fingerprint density at radius 1 is 1.43 bits per heavy atom. The summed E-state index contributed by atoms with van der Waals surface area (Å²) in [7, 11) is 0. The minimum Gasteiger partial charge on any atom is -0.444 e. The van der Waals surface area contributed by atoms with E-state index in [1.807, 2.05) is 39.1 Å². The van der Waals surface area contributed by atoms with Gasteiger partial charge in [0.2, 0.25) is 0 Å². The number of nitrogens with zero attached hydrogens (tertiary/aromatic N) is 4. The van der Waals surface area contributed by atoms with E-state index < -0.39 is 5.60 Å². The van der Waals surface area contributed by atoms with Crippen LogP contribution in [0.25, 0.3) is 5.52 Å². The number of carbonyl (C=O) groups excluding carboxylic acids is 1. The molecule has 1 atom stereocenters. The molecule has 124 valence electrons. The zero-order chi connectivity index (χ0) is 16.6. The van der Waals surface area contributed by atoms with Gasteiger partial charge in [-0.25, -0.2) is 14.3 Å². The molecule has 0 radical (unpaired) electrons. The summed E-state index contributed by atoms with van der Waals surface area (Å²) in [6.45, 7) is 6.87. The van der Waals surface area contributed by atoms with Crippen molar-refractivity contribution in [1.29, 1.82) is 0 Å². The van der Waals surface area contributed by atoms with Crippen molar-refractivity contribution >= 4 is 17.4 Å². The van der Waals surface area contributed by atoms with Crippen LogP contribution >= 0.6 is 0 Å². The molecule has 0 bridgehead atoms. The van der Waals surface area contributed by atoms with E-state index in [9.17, 15) is 4.79 Å². The van der Waals surface area contributed by atoms with Gasteiger partial charge in [-0.15, -0.1) is 0 Å². The first-order valence-corrected chi connectivity index (χ1v) is 7.92. The number of amides is 1.